The first-order chi connectivity index (χ1) is 3.63. The van der Waals surface area contributed by atoms with Crippen molar-refractivity contribution in [1.82, 2.24) is 0 Å². The van der Waals surface area contributed by atoms with Crippen molar-refractivity contribution in [2.75, 3.05) is 5.75 Å². The van der Waals surface area contributed by atoms with Crippen LogP contribution in [-0.2, 0) is 0 Å². The van der Waals surface area contributed by atoms with Crippen LogP contribution in [-0.4, -0.2) is 21.7 Å². The Balaban J connectivity index is 2.54. The van der Waals surface area contributed by atoms with Crippen molar-refractivity contribution in [3.05, 3.63) is 0 Å². The monoisotopic (exact) mass is 132 g/mol. The number of thioether (sulfide) groups is 1. The first-order valence-electron chi connectivity index (χ1n) is 2.95. The average molecular weight is 132 g/mol. The van der Waals surface area contributed by atoms with E-state index < -0.39 is 0 Å². The lowest BCUT2D eigenvalue weighted by Gasteiger charge is -2.20. The van der Waals surface area contributed by atoms with E-state index in [1.165, 1.54) is 0 Å². The number of aliphatic hydroxyl groups excluding tert-OH is 1. The highest BCUT2D eigenvalue weighted by Crippen LogP contribution is 2.36. The van der Waals surface area contributed by atoms with Crippen LogP contribution in [0.2, 0.25) is 0 Å². The maximum absolute atomic E-state index is 9.24. The molecular formula is C6H12OS. The summed E-state index contributed by atoms with van der Waals surface area (Å²) in [4.78, 5) is 0. The van der Waals surface area contributed by atoms with E-state index in [0.717, 1.165) is 12.2 Å². The minimum absolute atomic E-state index is 0.0764. The lowest BCUT2D eigenvalue weighted by Crippen LogP contribution is -2.26. The minimum atomic E-state index is -0.0764. The largest absolute Gasteiger partial charge is 0.392 e. The zero-order valence-corrected chi connectivity index (χ0v) is 6.16. The van der Waals surface area contributed by atoms with E-state index in [1.54, 1.807) is 0 Å². The molecule has 2 heteroatoms. The van der Waals surface area contributed by atoms with Gasteiger partial charge in [0.1, 0.15) is 0 Å². The van der Waals surface area contributed by atoms with Gasteiger partial charge in [-0.05, 0) is 26.0 Å². The van der Waals surface area contributed by atoms with Gasteiger partial charge in [-0.1, -0.05) is 0 Å². The molecule has 1 atom stereocenters. The van der Waals surface area contributed by atoms with E-state index in [-0.39, 0.29) is 10.9 Å². The first-order valence-corrected chi connectivity index (χ1v) is 3.93. The Morgan fingerprint density at radius 1 is 1.62 bits per heavy atom. The highest BCUT2D eigenvalue weighted by molar-refractivity contribution is 8.00. The van der Waals surface area contributed by atoms with E-state index in [4.69, 9.17) is 0 Å². The normalized spacial score (nSPS) is 35.6. The summed E-state index contributed by atoms with van der Waals surface area (Å²) in [5.41, 5.74) is 0. The third-order valence-corrected chi connectivity index (χ3v) is 3.12. The fraction of sp³-hybridized carbons (Fsp3) is 1.00. The van der Waals surface area contributed by atoms with Crippen LogP contribution in [0.15, 0.2) is 0 Å². The van der Waals surface area contributed by atoms with Crippen LogP contribution in [0.1, 0.15) is 20.3 Å². The molecule has 1 N–H and O–H groups in total. The van der Waals surface area contributed by atoms with Crippen molar-refractivity contribution in [3.63, 3.8) is 0 Å². The van der Waals surface area contributed by atoms with Gasteiger partial charge in [0.25, 0.3) is 0 Å². The summed E-state index contributed by atoms with van der Waals surface area (Å²) >= 11 is 1.86. The van der Waals surface area contributed by atoms with Crippen LogP contribution in [0.4, 0.5) is 0 Å². The Morgan fingerprint density at radius 2 is 2.25 bits per heavy atom. The molecule has 1 aliphatic rings. The van der Waals surface area contributed by atoms with E-state index in [2.05, 4.69) is 13.8 Å². The van der Waals surface area contributed by atoms with Gasteiger partial charge in [-0.2, -0.15) is 11.8 Å². The summed E-state index contributed by atoms with van der Waals surface area (Å²) in [5, 5.41) is 9.24. The molecule has 0 amide bonds. The van der Waals surface area contributed by atoms with Crippen molar-refractivity contribution in [1.29, 1.82) is 0 Å². The molecule has 8 heavy (non-hydrogen) atoms. The predicted molar refractivity (Wildman–Crippen MR) is 37.2 cm³/mol. The van der Waals surface area contributed by atoms with Gasteiger partial charge in [-0.25, -0.2) is 0 Å². The smallest absolute Gasteiger partial charge is 0.0689 e. The summed E-state index contributed by atoms with van der Waals surface area (Å²) in [6, 6.07) is 0. The second-order valence-electron chi connectivity index (χ2n) is 2.76. The van der Waals surface area contributed by atoms with Gasteiger partial charge in [-0.15, -0.1) is 0 Å². The number of hydrogen-bond donors (Lipinski definition) is 1. The van der Waals surface area contributed by atoms with Crippen molar-refractivity contribution < 1.29 is 5.11 Å². The Bertz CT molecular complexity index is 90.5. The predicted octanol–water partition coefficient (Wildman–Crippen LogP) is 1.26. The van der Waals surface area contributed by atoms with E-state index in [1.807, 2.05) is 11.8 Å². The molecule has 0 aromatic rings. The van der Waals surface area contributed by atoms with E-state index in [0.29, 0.717) is 0 Å². The molecule has 48 valence electrons. The highest BCUT2D eigenvalue weighted by Gasteiger charge is 2.33. The van der Waals surface area contributed by atoms with Crippen LogP contribution >= 0.6 is 11.8 Å². The molecule has 0 saturated carbocycles. The van der Waals surface area contributed by atoms with Gasteiger partial charge in [0.2, 0.25) is 0 Å². The maximum atomic E-state index is 9.24. The molecule has 0 radical (unpaired) electrons. The van der Waals surface area contributed by atoms with Gasteiger partial charge in [0.05, 0.1) is 6.10 Å². The summed E-state index contributed by atoms with van der Waals surface area (Å²) in [6.07, 6.45) is 0.894. The highest BCUT2D eigenvalue weighted by atomic mass is 32.2. The third kappa shape index (κ3) is 1.00. The van der Waals surface area contributed by atoms with Crippen molar-refractivity contribution in [2.24, 2.45) is 0 Å². The molecule has 1 fully saturated rings. The zero-order chi connectivity index (χ0) is 6.20. The van der Waals surface area contributed by atoms with Crippen LogP contribution < -0.4 is 0 Å². The Labute approximate surface area is 54.5 Å². The lowest BCUT2D eigenvalue weighted by atomic mass is 10.1. The summed E-state index contributed by atoms with van der Waals surface area (Å²) < 4.78 is 0.125. The van der Waals surface area contributed by atoms with Crippen molar-refractivity contribution in [3.8, 4) is 0 Å². The number of aliphatic hydroxyl groups is 1. The molecule has 1 nitrogen and oxygen atoms in total. The SMILES string of the molecule is CC1(C)SCC[C@H]1O. The maximum Gasteiger partial charge on any atom is 0.0689 e. The fourth-order valence-electron chi connectivity index (χ4n) is 0.877. The number of hydrogen-bond acceptors (Lipinski definition) is 2. The van der Waals surface area contributed by atoms with Crippen LogP contribution in [0, 0.1) is 0 Å². The molecule has 0 aromatic carbocycles. The van der Waals surface area contributed by atoms with Gasteiger partial charge in [0.15, 0.2) is 0 Å². The second kappa shape index (κ2) is 1.92. The fourth-order valence-corrected chi connectivity index (χ4v) is 2.05. The van der Waals surface area contributed by atoms with Gasteiger partial charge >= 0.3 is 0 Å². The molecule has 0 unspecified atom stereocenters. The Hall–Kier alpha value is 0.310. The molecule has 1 aliphatic heterocycles. The van der Waals surface area contributed by atoms with Crippen LogP contribution in [0.3, 0.4) is 0 Å². The first kappa shape index (κ1) is 6.43. The van der Waals surface area contributed by atoms with Gasteiger partial charge < -0.3 is 5.11 Å². The molecule has 0 aromatic heterocycles. The Morgan fingerprint density at radius 3 is 2.38 bits per heavy atom. The number of rotatable bonds is 0. The third-order valence-electron chi connectivity index (χ3n) is 1.67. The van der Waals surface area contributed by atoms with E-state index in [9.17, 15) is 5.11 Å². The molecule has 1 rings (SSSR count). The van der Waals surface area contributed by atoms with Gasteiger partial charge in [-0.3, -0.25) is 0 Å². The minimum Gasteiger partial charge on any atom is -0.392 e. The lowest BCUT2D eigenvalue weighted by molar-refractivity contribution is 0.148. The summed E-state index contributed by atoms with van der Waals surface area (Å²) in [5.74, 6) is 1.12. The van der Waals surface area contributed by atoms with Gasteiger partial charge in [0, 0.05) is 4.75 Å². The summed E-state index contributed by atoms with van der Waals surface area (Å²) in [7, 11) is 0. The summed E-state index contributed by atoms with van der Waals surface area (Å²) in [6.45, 7) is 4.19. The Kier molecular flexibility index (Phi) is 1.54. The van der Waals surface area contributed by atoms with Crippen LogP contribution in [0.5, 0.6) is 0 Å². The molecule has 0 aliphatic carbocycles. The van der Waals surface area contributed by atoms with Crippen molar-refractivity contribution >= 4 is 11.8 Å². The van der Waals surface area contributed by atoms with Crippen LogP contribution in [0.25, 0.3) is 0 Å². The molecule has 1 saturated heterocycles. The quantitative estimate of drug-likeness (QED) is 0.535. The zero-order valence-electron chi connectivity index (χ0n) is 5.35. The van der Waals surface area contributed by atoms with E-state index >= 15 is 0 Å². The molecule has 1 heterocycles. The molecular weight excluding hydrogens is 120 g/mol. The average Bonchev–Trinajstić information content (AvgIpc) is 1.86. The topological polar surface area (TPSA) is 20.2 Å². The standard InChI is InChI=1S/C6H12OS/c1-6(2)5(7)3-4-8-6/h5,7H,3-4H2,1-2H3/t5-/m1/s1. The molecule has 0 spiro atoms. The second-order valence-corrected chi connectivity index (χ2v) is 4.51. The van der Waals surface area contributed by atoms with Crippen molar-refractivity contribution in [2.45, 2.75) is 31.1 Å². The molecule has 0 bridgehead atoms.